The Kier molecular flexibility index (Phi) is 10.6. The minimum atomic E-state index is 0. The van der Waals surface area contributed by atoms with Crippen LogP contribution in [0.25, 0.3) is 0 Å². The maximum absolute atomic E-state index is 11.9. The summed E-state index contributed by atoms with van der Waals surface area (Å²) in [5.74, 6) is 7.73. The second-order valence-electron chi connectivity index (χ2n) is 19.7. The highest BCUT2D eigenvalue weighted by molar-refractivity contribution is 5.92. The molecule has 14 atom stereocenters. The summed E-state index contributed by atoms with van der Waals surface area (Å²) in [4.78, 5) is 23.8. The zero-order valence-electron chi connectivity index (χ0n) is 32.1. The zero-order chi connectivity index (χ0) is 35.6. The summed E-state index contributed by atoms with van der Waals surface area (Å²) in [5, 5.41) is 18.3. The van der Waals surface area contributed by atoms with E-state index in [0.29, 0.717) is 64.8 Å². The first kappa shape index (κ1) is 38.3. The number of hydrogen-bond donors (Lipinski definition) is 0. The molecule has 0 radical (unpaired) electrons. The summed E-state index contributed by atoms with van der Waals surface area (Å²) in [6.07, 6.45) is 26.7. The minimum absolute atomic E-state index is 0. The molecule has 51 heavy (non-hydrogen) atoms. The lowest BCUT2D eigenvalue weighted by atomic mass is 9.46. The third-order valence-corrected chi connectivity index (χ3v) is 17.8. The van der Waals surface area contributed by atoms with E-state index in [0.717, 1.165) is 61.7 Å². The molecule has 0 amide bonds. The SMILES string of the molecule is C.C[C@H](CC#N)C1CCC2C3C=CC4=CC(=O)CC[C@]4(C)C3CC[C@@]21C.C[C@H](CC#N)C1CCC2C3CCC4=CC(=O)CC[C@]4(C)C3CC[C@@]21C. The van der Waals surface area contributed by atoms with Gasteiger partial charge in [0.05, 0.1) is 12.1 Å². The average Bonchev–Trinajstić information content (AvgIpc) is 3.63. The van der Waals surface area contributed by atoms with Crippen LogP contribution in [0.4, 0.5) is 0 Å². The normalized spacial score (nSPS) is 45.9. The highest BCUT2D eigenvalue weighted by atomic mass is 16.1. The number of carbonyl (C=O) groups is 2. The molecule has 4 nitrogen and oxygen atoms in total. The molecular weight excluding hydrogens is 625 g/mol. The molecule has 5 saturated carbocycles. The standard InChI is InChI=1S/C23H33NO.C23H31NO.CH4/c2*1-15(10-13-24)19-6-7-20-18-5-4-16-14-17(25)8-11-22(16,2)21(18)9-12-23(19,20)3;/h14-15,18-21H,4-12H2,1-3H3;4-5,14-15,18-21H,6-12H2,1-3H3;1H4/t2*15-,18?,19?,20?,21?,22+,23-;/m11./s1. The average molecular weight is 693 g/mol. The second-order valence-corrected chi connectivity index (χ2v) is 19.7. The molecule has 8 aliphatic rings. The van der Waals surface area contributed by atoms with Crippen molar-refractivity contribution in [1.29, 1.82) is 10.5 Å². The van der Waals surface area contributed by atoms with Crippen molar-refractivity contribution in [3.8, 4) is 12.1 Å². The van der Waals surface area contributed by atoms with E-state index in [2.05, 4.69) is 65.8 Å². The molecular formula is C47H68N2O2. The van der Waals surface area contributed by atoms with Gasteiger partial charge in [0.2, 0.25) is 0 Å². The number of nitriles is 2. The molecule has 0 N–H and O–H groups in total. The number of nitrogens with zero attached hydrogens (tertiary/aromatic N) is 2. The summed E-state index contributed by atoms with van der Waals surface area (Å²) in [6.45, 7) is 14.6. The van der Waals surface area contributed by atoms with Crippen molar-refractivity contribution in [3.63, 3.8) is 0 Å². The lowest BCUT2D eigenvalue weighted by Gasteiger charge is -2.58. The number of ketones is 2. The third-order valence-electron chi connectivity index (χ3n) is 17.8. The Morgan fingerprint density at radius 3 is 1.84 bits per heavy atom. The van der Waals surface area contributed by atoms with Gasteiger partial charge in [0.1, 0.15) is 0 Å². The van der Waals surface area contributed by atoms with Crippen LogP contribution < -0.4 is 0 Å². The van der Waals surface area contributed by atoms with Crippen molar-refractivity contribution >= 4 is 11.6 Å². The summed E-state index contributed by atoms with van der Waals surface area (Å²) in [6, 6.07) is 4.83. The van der Waals surface area contributed by atoms with Crippen molar-refractivity contribution < 1.29 is 9.59 Å². The Bertz CT molecular complexity index is 1560. The third kappa shape index (κ3) is 6.06. The molecule has 8 unspecified atom stereocenters. The number of carbonyl (C=O) groups excluding carboxylic acids is 2. The van der Waals surface area contributed by atoms with Crippen LogP contribution in [0.2, 0.25) is 0 Å². The summed E-state index contributed by atoms with van der Waals surface area (Å²) in [5.41, 5.74) is 4.09. The van der Waals surface area contributed by atoms with E-state index >= 15 is 0 Å². The van der Waals surface area contributed by atoms with Gasteiger partial charge in [-0.05, 0) is 176 Å². The van der Waals surface area contributed by atoms with Gasteiger partial charge < -0.3 is 0 Å². The minimum Gasteiger partial charge on any atom is -0.295 e. The first-order chi connectivity index (χ1) is 23.8. The molecule has 278 valence electrons. The fourth-order valence-electron chi connectivity index (χ4n) is 15.1. The van der Waals surface area contributed by atoms with Gasteiger partial charge in [0, 0.05) is 25.7 Å². The van der Waals surface area contributed by atoms with Gasteiger partial charge in [-0.1, -0.05) is 66.7 Å². The molecule has 0 saturated heterocycles. The van der Waals surface area contributed by atoms with Crippen LogP contribution in [-0.4, -0.2) is 11.6 Å². The lowest BCUT2D eigenvalue weighted by Crippen LogP contribution is -2.50. The maximum Gasteiger partial charge on any atom is 0.156 e. The van der Waals surface area contributed by atoms with Gasteiger partial charge >= 0.3 is 0 Å². The predicted molar refractivity (Wildman–Crippen MR) is 206 cm³/mol. The zero-order valence-corrected chi connectivity index (χ0v) is 32.1. The highest BCUT2D eigenvalue weighted by Gasteiger charge is 2.60. The number of hydrogen-bond acceptors (Lipinski definition) is 4. The topological polar surface area (TPSA) is 81.7 Å². The first-order valence-corrected chi connectivity index (χ1v) is 20.7. The van der Waals surface area contributed by atoms with E-state index in [-0.39, 0.29) is 18.3 Å². The maximum atomic E-state index is 11.9. The van der Waals surface area contributed by atoms with Gasteiger partial charge in [-0.15, -0.1) is 0 Å². The van der Waals surface area contributed by atoms with Gasteiger partial charge in [0.15, 0.2) is 11.6 Å². The molecule has 4 heteroatoms. The fraction of sp³-hybridized carbons (Fsp3) is 0.787. The van der Waals surface area contributed by atoms with E-state index < -0.39 is 0 Å². The molecule has 0 aliphatic heterocycles. The Labute approximate surface area is 311 Å². The fourth-order valence-corrected chi connectivity index (χ4v) is 15.1. The van der Waals surface area contributed by atoms with E-state index in [1.807, 2.05) is 12.2 Å². The summed E-state index contributed by atoms with van der Waals surface area (Å²) in [7, 11) is 0. The van der Waals surface area contributed by atoms with Crippen LogP contribution in [0.15, 0.2) is 35.5 Å². The van der Waals surface area contributed by atoms with Crippen molar-refractivity contribution in [2.45, 2.75) is 152 Å². The second kappa shape index (κ2) is 14.1. The van der Waals surface area contributed by atoms with Crippen molar-refractivity contribution in [3.05, 3.63) is 35.5 Å². The molecule has 0 aromatic heterocycles. The van der Waals surface area contributed by atoms with Crippen LogP contribution in [0, 0.1) is 104 Å². The van der Waals surface area contributed by atoms with Crippen LogP contribution in [0.5, 0.6) is 0 Å². The molecule has 0 spiro atoms. The Balaban J connectivity index is 0.000000172. The smallest absolute Gasteiger partial charge is 0.156 e. The molecule has 5 fully saturated rings. The molecule has 0 heterocycles. The number of rotatable bonds is 4. The molecule has 0 aromatic carbocycles. The molecule has 8 aliphatic carbocycles. The highest BCUT2D eigenvalue weighted by Crippen LogP contribution is 2.68. The van der Waals surface area contributed by atoms with Gasteiger partial charge in [-0.2, -0.15) is 10.5 Å². The number of fused-ring (bicyclic) bond motifs is 10. The van der Waals surface area contributed by atoms with E-state index in [1.165, 1.54) is 68.9 Å². The molecule has 0 bridgehead atoms. The Morgan fingerprint density at radius 1 is 0.667 bits per heavy atom. The Morgan fingerprint density at radius 2 is 1.22 bits per heavy atom. The van der Waals surface area contributed by atoms with Crippen molar-refractivity contribution in [1.82, 2.24) is 0 Å². The molecule has 8 rings (SSSR count). The van der Waals surface area contributed by atoms with E-state index in [9.17, 15) is 9.59 Å². The summed E-state index contributed by atoms with van der Waals surface area (Å²) < 4.78 is 0. The van der Waals surface area contributed by atoms with Gasteiger partial charge in [0.25, 0.3) is 0 Å². The van der Waals surface area contributed by atoms with Gasteiger partial charge in [-0.3, -0.25) is 9.59 Å². The Hall–Kier alpha value is -2.46. The van der Waals surface area contributed by atoms with E-state index in [4.69, 9.17) is 10.5 Å². The van der Waals surface area contributed by atoms with Gasteiger partial charge in [-0.25, -0.2) is 0 Å². The lowest BCUT2D eigenvalue weighted by molar-refractivity contribution is -0.118. The largest absolute Gasteiger partial charge is 0.295 e. The monoisotopic (exact) mass is 693 g/mol. The number of allylic oxidation sites excluding steroid dienone is 5. The van der Waals surface area contributed by atoms with E-state index in [1.54, 1.807) is 0 Å². The summed E-state index contributed by atoms with van der Waals surface area (Å²) >= 11 is 0. The van der Waals surface area contributed by atoms with Crippen molar-refractivity contribution in [2.24, 2.45) is 80.8 Å². The van der Waals surface area contributed by atoms with Crippen LogP contribution in [0.1, 0.15) is 152 Å². The van der Waals surface area contributed by atoms with Crippen LogP contribution in [-0.2, 0) is 9.59 Å². The quantitative estimate of drug-likeness (QED) is 0.294. The molecule has 0 aromatic rings. The first-order valence-electron chi connectivity index (χ1n) is 20.7. The van der Waals surface area contributed by atoms with Crippen molar-refractivity contribution in [2.75, 3.05) is 0 Å². The predicted octanol–water partition coefficient (Wildman–Crippen LogP) is 11.8. The van der Waals surface area contributed by atoms with Crippen LogP contribution in [0.3, 0.4) is 0 Å². The van der Waals surface area contributed by atoms with Crippen LogP contribution >= 0.6 is 0 Å².